The van der Waals surface area contributed by atoms with E-state index in [-0.39, 0.29) is 0 Å². The summed E-state index contributed by atoms with van der Waals surface area (Å²) in [5, 5.41) is 0. The molecule has 1 aliphatic carbocycles. The van der Waals surface area contributed by atoms with Crippen LogP contribution in [0.2, 0.25) is 0 Å². The van der Waals surface area contributed by atoms with Gasteiger partial charge in [0, 0.05) is 32.6 Å². The maximum atomic E-state index is 12.7. The molecule has 0 aromatic carbocycles. The predicted octanol–water partition coefficient (Wildman–Crippen LogP) is 2.22. The molecule has 0 spiro atoms. The number of amides is 1. The molecular weight excluding hydrogens is 328 g/mol. The quantitative estimate of drug-likeness (QED) is 0.914. The van der Waals surface area contributed by atoms with Gasteiger partial charge in [0.15, 0.2) is 11.5 Å². The Labute approximate surface area is 153 Å². The highest BCUT2D eigenvalue weighted by Gasteiger charge is 2.38. The summed E-state index contributed by atoms with van der Waals surface area (Å²) in [5.41, 5.74) is 1.62. The van der Waals surface area contributed by atoms with Gasteiger partial charge in [-0.2, -0.15) is 0 Å². The molecule has 0 radical (unpaired) electrons. The molecule has 1 amide bonds. The molecule has 2 aliphatic heterocycles. The van der Waals surface area contributed by atoms with E-state index in [0.717, 1.165) is 68.6 Å². The standard InChI is InChI=1S/C19H26N6O/c26-16(25-9-14-2-1-3-15(14)10-25)8-13-4-6-24(7-5-13)19-17-18(21-11-20-17)22-12-23-19/h11-15H,1-10H2,(H,20,21,22,23). The van der Waals surface area contributed by atoms with Gasteiger partial charge in [0.1, 0.15) is 11.8 Å². The molecule has 3 fully saturated rings. The van der Waals surface area contributed by atoms with Crippen molar-refractivity contribution < 1.29 is 4.79 Å². The average molecular weight is 354 g/mol. The molecule has 3 aliphatic rings. The lowest BCUT2D eigenvalue weighted by Gasteiger charge is -2.33. The Morgan fingerprint density at radius 1 is 1.08 bits per heavy atom. The van der Waals surface area contributed by atoms with Crippen molar-refractivity contribution in [1.82, 2.24) is 24.8 Å². The predicted molar refractivity (Wildman–Crippen MR) is 98.6 cm³/mol. The van der Waals surface area contributed by atoms with Gasteiger partial charge in [-0.15, -0.1) is 0 Å². The highest BCUT2D eigenvalue weighted by atomic mass is 16.2. The Balaban J connectivity index is 1.17. The number of imidazole rings is 1. The number of rotatable bonds is 3. The molecule has 1 saturated carbocycles. The van der Waals surface area contributed by atoms with Gasteiger partial charge < -0.3 is 14.8 Å². The molecule has 2 aromatic rings. The molecule has 0 bridgehead atoms. The van der Waals surface area contributed by atoms with Crippen molar-refractivity contribution in [2.75, 3.05) is 31.1 Å². The van der Waals surface area contributed by atoms with Crippen LogP contribution in [0.5, 0.6) is 0 Å². The minimum absolute atomic E-state index is 0.385. The number of hydrogen-bond donors (Lipinski definition) is 1. The lowest BCUT2D eigenvalue weighted by molar-refractivity contribution is -0.131. The van der Waals surface area contributed by atoms with E-state index in [2.05, 4.69) is 29.7 Å². The zero-order valence-corrected chi connectivity index (χ0v) is 15.1. The third kappa shape index (κ3) is 2.83. The molecule has 5 rings (SSSR count). The van der Waals surface area contributed by atoms with E-state index in [1.165, 1.54) is 19.3 Å². The normalized spacial score (nSPS) is 26.6. The summed E-state index contributed by atoms with van der Waals surface area (Å²) >= 11 is 0. The molecular formula is C19H26N6O. The second-order valence-corrected chi connectivity index (χ2v) is 8.18. The van der Waals surface area contributed by atoms with Gasteiger partial charge in [0.25, 0.3) is 0 Å². The molecule has 1 N–H and O–H groups in total. The van der Waals surface area contributed by atoms with Crippen LogP contribution in [0.1, 0.15) is 38.5 Å². The van der Waals surface area contributed by atoms with Crippen LogP contribution >= 0.6 is 0 Å². The Bertz CT molecular complexity index is 784. The summed E-state index contributed by atoms with van der Waals surface area (Å²) in [7, 11) is 0. The van der Waals surface area contributed by atoms with E-state index in [0.29, 0.717) is 17.5 Å². The maximum Gasteiger partial charge on any atom is 0.222 e. The molecule has 4 heterocycles. The van der Waals surface area contributed by atoms with E-state index < -0.39 is 0 Å². The van der Waals surface area contributed by atoms with Crippen LogP contribution in [-0.2, 0) is 4.79 Å². The topological polar surface area (TPSA) is 78.0 Å². The van der Waals surface area contributed by atoms with Crippen molar-refractivity contribution >= 4 is 22.9 Å². The minimum atomic E-state index is 0.385. The third-order valence-corrected chi connectivity index (χ3v) is 6.66. The number of likely N-dealkylation sites (tertiary alicyclic amines) is 1. The number of piperidine rings is 1. The highest BCUT2D eigenvalue weighted by Crippen LogP contribution is 2.38. The Kier molecular flexibility index (Phi) is 4.02. The number of aromatic nitrogens is 4. The van der Waals surface area contributed by atoms with Gasteiger partial charge >= 0.3 is 0 Å². The minimum Gasteiger partial charge on any atom is -0.355 e. The average Bonchev–Trinajstić information content (AvgIpc) is 3.37. The van der Waals surface area contributed by atoms with Crippen molar-refractivity contribution in [3.63, 3.8) is 0 Å². The Morgan fingerprint density at radius 2 is 1.85 bits per heavy atom. The fourth-order valence-corrected chi connectivity index (χ4v) is 5.16. The number of hydrogen-bond acceptors (Lipinski definition) is 5. The number of H-pyrrole nitrogens is 1. The van der Waals surface area contributed by atoms with E-state index in [9.17, 15) is 4.79 Å². The first-order chi connectivity index (χ1) is 12.8. The van der Waals surface area contributed by atoms with Crippen molar-refractivity contribution in [3.8, 4) is 0 Å². The van der Waals surface area contributed by atoms with E-state index >= 15 is 0 Å². The first-order valence-corrected chi connectivity index (χ1v) is 9.94. The van der Waals surface area contributed by atoms with Crippen LogP contribution in [-0.4, -0.2) is 56.9 Å². The number of fused-ring (bicyclic) bond motifs is 2. The summed E-state index contributed by atoms with van der Waals surface area (Å²) in [6.07, 6.45) is 10.1. The molecule has 2 unspecified atom stereocenters. The number of nitrogens with zero attached hydrogens (tertiary/aromatic N) is 5. The lowest BCUT2D eigenvalue weighted by Crippen LogP contribution is -2.37. The first kappa shape index (κ1) is 16.0. The second kappa shape index (κ2) is 6.52. The third-order valence-electron chi connectivity index (χ3n) is 6.66. The number of anilines is 1. The monoisotopic (exact) mass is 354 g/mol. The molecule has 7 nitrogen and oxygen atoms in total. The van der Waals surface area contributed by atoms with E-state index in [1.807, 2.05) is 0 Å². The molecule has 2 saturated heterocycles. The molecule has 26 heavy (non-hydrogen) atoms. The summed E-state index contributed by atoms with van der Waals surface area (Å²) in [5.74, 6) is 3.39. The number of aromatic amines is 1. The van der Waals surface area contributed by atoms with Crippen LogP contribution in [0.15, 0.2) is 12.7 Å². The van der Waals surface area contributed by atoms with Gasteiger partial charge in [-0.3, -0.25) is 4.79 Å². The van der Waals surface area contributed by atoms with Crippen molar-refractivity contribution in [2.45, 2.75) is 38.5 Å². The van der Waals surface area contributed by atoms with Gasteiger partial charge in [-0.05, 0) is 43.4 Å². The van der Waals surface area contributed by atoms with E-state index in [1.54, 1.807) is 12.7 Å². The number of carbonyl (C=O) groups excluding carboxylic acids is 1. The molecule has 138 valence electrons. The van der Waals surface area contributed by atoms with Crippen LogP contribution in [0.4, 0.5) is 5.82 Å². The fraction of sp³-hybridized carbons (Fsp3) is 0.684. The smallest absolute Gasteiger partial charge is 0.222 e. The van der Waals surface area contributed by atoms with Crippen LogP contribution in [0.3, 0.4) is 0 Å². The van der Waals surface area contributed by atoms with Gasteiger partial charge in [0.2, 0.25) is 5.91 Å². The van der Waals surface area contributed by atoms with Gasteiger partial charge in [-0.1, -0.05) is 6.42 Å². The van der Waals surface area contributed by atoms with Gasteiger partial charge in [0.05, 0.1) is 6.33 Å². The van der Waals surface area contributed by atoms with Crippen molar-refractivity contribution in [2.24, 2.45) is 17.8 Å². The van der Waals surface area contributed by atoms with E-state index in [4.69, 9.17) is 0 Å². The summed E-state index contributed by atoms with van der Waals surface area (Å²) < 4.78 is 0. The second-order valence-electron chi connectivity index (χ2n) is 8.18. The zero-order chi connectivity index (χ0) is 17.5. The Morgan fingerprint density at radius 3 is 2.62 bits per heavy atom. The van der Waals surface area contributed by atoms with Crippen LogP contribution in [0, 0.1) is 17.8 Å². The number of nitrogens with one attached hydrogen (secondary N) is 1. The highest BCUT2D eigenvalue weighted by molar-refractivity contribution is 5.82. The molecule has 7 heteroatoms. The number of carbonyl (C=O) groups is 1. The van der Waals surface area contributed by atoms with Crippen LogP contribution in [0.25, 0.3) is 11.2 Å². The van der Waals surface area contributed by atoms with Crippen molar-refractivity contribution in [3.05, 3.63) is 12.7 Å². The van der Waals surface area contributed by atoms with Crippen LogP contribution < -0.4 is 4.90 Å². The summed E-state index contributed by atoms with van der Waals surface area (Å²) in [4.78, 5) is 33.2. The SMILES string of the molecule is O=C(CC1CCN(c2ncnc3nc[nH]c23)CC1)N1CC2CCCC2C1. The molecule has 2 atom stereocenters. The first-order valence-electron chi connectivity index (χ1n) is 9.94. The summed E-state index contributed by atoms with van der Waals surface area (Å²) in [6, 6.07) is 0. The molecule has 2 aromatic heterocycles. The Hall–Kier alpha value is -2.18. The van der Waals surface area contributed by atoms with Crippen molar-refractivity contribution in [1.29, 1.82) is 0 Å². The zero-order valence-electron chi connectivity index (χ0n) is 15.1. The largest absolute Gasteiger partial charge is 0.355 e. The fourth-order valence-electron chi connectivity index (χ4n) is 5.16. The van der Waals surface area contributed by atoms with Gasteiger partial charge in [-0.25, -0.2) is 15.0 Å². The lowest BCUT2D eigenvalue weighted by atomic mass is 9.93. The summed E-state index contributed by atoms with van der Waals surface area (Å²) in [6.45, 7) is 3.91. The maximum absolute atomic E-state index is 12.7.